The van der Waals surface area contributed by atoms with Gasteiger partial charge in [-0.25, -0.2) is 19.3 Å². The number of aromatic nitrogens is 3. The molecule has 0 spiro atoms. The second kappa shape index (κ2) is 4.43. The van der Waals surface area contributed by atoms with Gasteiger partial charge in [-0.2, -0.15) is 0 Å². The highest BCUT2D eigenvalue weighted by molar-refractivity contribution is 7.15. The van der Waals surface area contributed by atoms with E-state index in [9.17, 15) is 4.39 Å². The molecule has 0 unspecified atom stereocenters. The highest BCUT2D eigenvalue weighted by Gasteiger charge is 2.13. The van der Waals surface area contributed by atoms with Crippen molar-refractivity contribution in [3.05, 3.63) is 28.5 Å². The van der Waals surface area contributed by atoms with Crippen LogP contribution in [-0.4, -0.2) is 15.0 Å². The van der Waals surface area contributed by atoms with E-state index >= 15 is 0 Å². The average Bonchev–Trinajstić information content (AvgIpc) is 2.70. The number of thiazole rings is 1. The van der Waals surface area contributed by atoms with Crippen LogP contribution in [0.1, 0.15) is 24.8 Å². The van der Waals surface area contributed by atoms with E-state index in [2.05, 4.69) is 15.0 Å². The fourth-order valence-corrected chi connectivity index (χ4v) is 2.23. The van der Waals surface area contributed by atoms with E-state index in [1.165, 1.54) is 11.3 Å². The highest BCUT2D eigenvalue weighted by atomic mass is 35.5. The van der Waals surface area contributed by atoms with Crippen LogP contribution in [0.2, 0.25) is 5.28 Å². The smallest absolute Gasteiger partial charge is 0.223 e. The summed E-state index contributed by atoms with van der Waals surface area (Å²) < 4.78 is 13.5. The van der Waals surface area contributed by atoms with Crippen LogP contribution in [0.5, 0.6) is 0 Å². The van der Waals surface area contributed by atoms with Gasteiger partial charge in [-0.3, -0.25) is 0 Å². The molecule has 0 amide bonds. The zero-order valence-electron chi connectivity index (χ0n) is 8.74. The molecule has 0 N–H and O–H groups in total. The van der Waals surface area contributed by atoms with Crippen molar-refractivity contribution in [2.75, 3.05) is 0 Å². The Balaban J connectivity index is 2.46. The minimum Gasteiger partial charge on any atom is -0.249 e. The number of hydrogen-bond acceptors (Lipinski definition) is 4. The Bertz CT molecular complexity index is 513. The summed E-state index contributed by atoms with van der Waals surface area (Å²) in [6.07, 6.45) is 2.68. The fourth-order valence-electron chi connectivity index (χ4n) is 1.18. The molecule has 0 aliphatic heterocycles. The number of halogens is 2. The lowest BCUT2D eigenvalue weighted by Crippen LogP contribution is -1.90. The lowest BCUT2D eigenvalue weighted by molar-refractivity contribution is 0.618. The molecule has 0 saturated carbocycles. The predicted octanol–water partition coefficient (Wildman–Crippen LogP) is 3.52. The predicted molar refractivity (Wildman–Crippen MR) is 62.2 cm³/mol. The van der Waals surface area contributed by atoms with Crippen LogP contribution >= 0.6 is 22.9 Å². The normalized spacial score (nSPS) is 11.1. The SMILES string of the molecule is CC(C)c1ncc(-c2nc(Cl)ncc2F)s1. The van der Waals surface area contributed by atoms with Gasteiger partial charge in [0.05, 0.1) is 16.1 Å². The molecule has 84 valence electrons. The molecular weight excluding hydrogens is 249 g/mol. The van der Waals surface area contributed by atoms with Crippen molar-refractivity contribution in [1.82, 2.24) is 15.0 Å². The third-order valence-electron chi connectivity index (χ3n) is 1.97. The highest BCUT2D eigenvalue weighted by Crippen LogP contribution is 2.30. The van der Waals surface area contributed by atoms with E-state index in [0.29, 0.717) is 10.8 Å². The Labute approximate surface area is 101 Å². The molecule has 6 heteroatoms. The molecule has 2 heterocycles. The van der Waals surface area contributed by atoms with Gasteiger partial charge < -0.3 is 0 Å². The summed E-state index contributed by atoms with van der Waals surface area (Å²) in [5.74, 6) is -0.164. The summed E-state index contributed by atoms with van der Waals surface area (Å²) >= 11 is 7.05. The lowest BCUT2D eigenvalue weighted by Gasteiger charge is -1.98. The Morgan fingerprint density at radius 2 is 2.06 bits per heavy atom. The van der Waals surface area contributed by atoms with Crippen LogP contribution in [-0.2, 0) is 0 Å². The van der Waals surface area contributed by atoms with Crippen LogP contribution in [0, 0.1) is 5.82 Å². The zero-order chi connectivity index (χ0) is 11.7. The van der Waals surface area contributed by atoms with Gasteiger partial charge in [0.15, 0.2) is 5.82 Å². The maximum Gasteiger partial charge on any atom is 0.223 e. The summed E-state index contributed by atoms with van der Waals surface area (Å²) in [6, 6.07) is 0. The number of rotatable bonds is 2. The van der Waals surface area contributed by atoms with Crippen molar-refractivity contribution in [2.45, 2.75) is 19.8 Å². The van der Waals surface area contributed by atoms with Gasteiger partial charge >= 0.3 is 0 Å². The molecule has 0 saturated heterocycles. The maximum atomic E-state index is 13.5. The second-order valence-electron chi connectivity index (χ2n) is 3.55. The van der Waals surface area contributed by atoms with Crippen LogP contribution in [0.3, 0.4) is 0 Å². The molecule has 0 atom stereocenters. The van der Waals surface area contributed by atoms with Crippen LogP contribution < -0.4 is 0 Å². The molecule has 16 heavy (non-hydrogen) atoms. The molecule has 0 aromatic carbocycles. The molecular formula is C10H9ClFN3S. The first kappa shape index (κ1) is 11.4. The van der Waals surface area contributed by atoms with Crippen molar-refractivity contribution < 1.29 is 4.39 Å². The van der Waals surface area contributed by atoms with Crippen LogP contribution in [0.15, 0.2) is 12.4 Å². The summed E-state index contributed by atoms with van der Waals surface area (Å²) in [6.45, 7) is 4.07. The van der Waals surface area contributed by atoms with E-state index in [-0.39, 0.29) is 11.0 Å². The molecule has 2 rings (SSSR count). The monoisotopic (exact) mass is 257 g/mol. The van der Waals surface area contributed by atoms with Crippen molar-refractivity contribution in [3.63, 3.8) is 0 Å². The standard InChI is InChI=1S/C10H9ClFN3S/c1-5(2)9-13-4-7(16-9)8-6(12)3-14-10(11)15-8/h3-5H,1-2H3. The molecule has 0 aliphatic rings. The van der Waals surface area contributed by atoms with Crippen molar-refractivity contribution >= 4 is 22.9 Å². The minimum absolute atomic E-state index is 0.0379. The molecule has 0 radical (unpaired) electrons. The van der Waals surface area contributed by atoms with Crippen molar-refractivity contribution in [2.24, 2.45) is 0 Å². The summed E-state index contributed by atoms with van der Waals surface area (Å²) in [4.78, 5) is 12.3. The number of nitrogens with zero attached hydrogens (tertiary/aromatic N) is 3. The summed E-state index contributed by atoms with van der Waals surface area (Å²) in [5, 5.41) is 0.986. The lowest BCUT2D eigenvalue weighted by atomic mass is 10.2. The summed E-state index contributed by atoms with van der Waals surface area (Å²) in [7, 11) is 0. The van der Waals surface area contributed by atoms with Gasteiger partial charge in [-0.1, -0.05) is 13.8 Å². The Kier molecular flexibility index (Phi) is 3.16. The topological polar surface area (TPSA) is 38.7 Å². The second-order valence-corrected chi connectivity index (χ2v) is 4.95. The average molecular weight is 258 g/mol. The molecule has 3 nitrogen and oxygen atoms in total. The molecule has 0 bridgehead atoms. The van der Waals surface area contributed by atoms with E-state index in [4.69, 9.17) is 11.6 Å². The van der Waals surface area contributed by atoms with Crippen molar-refractivity contribution in [3.8, 4) is 10.6 Å². The molecule has 0 fully saturated rings. The maximum absolute atomic E-state index is 13.5. The quantitative estimate of drug-likeness (QED) is 0.773. The Morgan fingerprint density at radius 3 is 2.69 bits per heavy atom. The van der Waals surface area contributed by atoms with Gasteiger partial charge in [0.1, 0.15) is 5.69 Å². The third kappa shape index (κ3) is 2.20. The molecule has 0 aliphatic carbocycles. The van der Waals surface area contributed by atoms with Gasteiger partial charge in [0.2, 0.25) is 5.28 Å². The Morgan fingerprint density at radius 1 is 1.31 bits per heavy atom. The first-order valence-corrected chi connectivity index (χ1v) is 5.91. The number of hydrogen-bond donors (Lipinski definition) is 0. The van der Waals surface area contributed by atoms with E-state index in [1.807, 2.05) is 13.8 Å². The summed E-state index contributed by atoms with van der Waals surface area (Å²) in [5.41, 5.74) is 0.212. The van der Waals surface area contributed by atoms with Gasteiger partial charge in [-0.15, -0.1) is 11.3 Å². The van der Waals surface area contributed by atoms with E-state index in [1.54, 1.807) is 6.20 Å². The third-order valence-corrected chi connectivity index (χ3v) is 3.45. The first-order valence-electron chi connectivity index (χ1n) is 4.72. The van der Waals surface area contributed by atoms with E-state index < -0.39 is 5.82 Å². The van der Waals surface area contributed by atoms with Crippen molar-refractivity contribution in [1.29, 1.82) is 0 Å². The molecule has 2 aromatic rings. The Hall–Kier alpha value is -1.07. The zero-order valence-corrected chi connectivity index (χ0v) is 10.3. The van der Waals surface area contributed by atoms with Crippen LogP contribution in [0.25, 0.3) is 10.6 Å². The fraction of sp³-hybridized carbons (Fsp3) is 0.300. The van der Waals surface area contributed by atoms with Gasteiger partial charge in [-0.05, 0) is 11.6 Å². The van der Waals surface area contributed by atoms with Gasteiger partial charge in [0, 0.05) is 12.1 Å². The van der Waals surface area contributed by atoms with Crippen LogP contribution in [0.4, 0.5) is 4.39 Å². The minimum atomic E-state index is -0.483. The molecule has 2 aromatic heterocycles. The largest absolute Gasteiger partial charge is 0.249 e. The van der Waals surface area contributed by atoms with Gasteiger partial charge in [0.25, 0.3) is 0 Å². The first-order chi connectivity index (χ1) is 7.58. The van der Waals surface area contributed by atoms with E-state index in [0.717, 1.165) is 11.2 Å².